The first-order valence-corrected chi connectivity index (χ1v) is 4.69. The molecule has 0 aliphatic carbocycles. The van der Waals surface area contributed by atoms with E-state index in [-0.39, 0.29) is 11.0 Å². The maximum absolute atomic E-state index is 5.83. The zero-order valence-electron chi connectivity index (χ0n) is 8.05. The monoisotopic (exact) mass is 231 g/mol. The van der Waals surface area contributed by atoms with Gasteiger partial charge in [-0.2, -0.15) is 0 Å². The van der Waals surface area contributed by atoms with Crippen molar-refractivity contribution in [3.63, 3.8) is 0 Å². The fraction of sp³-hybridized carbons (Fsp3) is 0. The molecule has 78 valence electrons. The van der Waals surface area contributed by atoms with Crippen LogP contribution in [-0.4, -0.2) is 19.9 Å². The van der Waals surface area contributed by atoms with Gasteiger partial charge in [0.15, 0.2) is 0 Å². The van der Waals surface area contributed by atoms with Gasteiger partial charge in [-0.1, -0.05) is 17.5 Å². The van der Waals surface area contributed by atoms with Crippen LogP contribution in [0.2, 0.25) is 5.15 Å². The summed E-state index contributed by atoms with van der Waals surface area (Å²) in [6.45, 7) is 0. The normalized spacial score (nSPS) is 9.31. The molecule has 0 aliphatic rings. The standard InChI is InChI=1S/C10H6ClN5/c11-9-8(10(12)16-6-15-9)2-1-7-5-13-3-4-14-7/h3-6H,(H2,12,15,16). The maximum atomic E-state index is 5.83. The van der Waals surface area contributed by atoms with Crippen molar-refractivity contribution in [2.45, 2.75) is 0 Å². The molecule has 16 heavy (non-hydrogen) atoms. The molecule has 6 heteroatoms. The third-order valence-electron chi connectivity index (χ3n) is 1.71. The second kappa shape index (κ2) is 4.55. The van der Waals surface area contributed by atoms with Crippen molar-refractivity contribution in [1.29, 1.82) is 0 Å². The molecule has 0 unspecified atom stereocenters. The van der Waals surface area contributed by atoms with Crippen LogP contribution >= 0.6 is 11.6 Å². The number of nitrogens with zero attached hydrogens (tertiary/aromatic N) is 4. The Bertz CT molecular complexity index is 538. The van der Waals surface area contributed by atoms with Crippen LogP contribution in [0.5, 0.6) is 0 Å². The molecule has 0 saturated carbocycles. The largest absolute Gasteiger partial charge is 0.383 e. The Balaban J connectivity index is 2.39. The lowest BCUT2D eigenvalue weighted by molar-refractivity contribution is 1.16. The number of anilines is 1. The van der Waals surface area contributed by atoms with E-state index in [1.54, 1.807) is 18.6 Å². The van der Waals surface area contributed by atoms with Crippen molar-refractivity contribution >= 4 is 17.4 Å². The molecule has 0 bridgehead atoms. The number of aromatic nitrogens is 4. The fourth-order valence-electron chi connectivity index (χ4n) is 0.982. The number of hydrogen-bond acceptors (Lipinski definition) is 5. The van der Waals surface area contributed by atoms with Crippen molar-refractivity contribution in [1.82, 2.24) is 19.9 Å². The lowest BCUT2D eigenvalue weighted by Gasteiger charge is -1.96. The Morgan fingerprint density at radius 3 is 2.69 bits per heavy atom. The average Bonchev–Trinajstić information content (AvgIpc) is 2.30. The molecule has 2 N–H and O–H groups in total. The van der Waals surface area contributed by atoms with Gasteiger partial charge < -0.3 is 5.73 Å². The van der Waals surface area contributed by atoms with E-state index in [2.05, 4.69) is 31.8 Å². The molecule has 0 atom stereocenters. The summed E-state index contributed by atoms with van der Waals surface area (Å²) in [5.41, 5.74) is 6.54. The minimum Gasteiger partial charge on any atom is -0.383 e. The summed E-state index contributed by atoms with van der Waals surface area (Å²) < 4.78 is 0. The summed E-state index contributed by atoms with van der Waals surface area (Å²) in [6.07, 6.45) is 5.95. The second-order valence-electron chi connectivity index (χ2n) is 2.77. The van der Waals surface area contributed by atoms with Gasteiger partial charge in [0, 0.05) is 12.4 Å². The summed E-state index contributed by atoms with van der Waals surface area (Å²) in [5.74, 6) is 5.78. The van der Waals surface area contributed by atoms with E-state index in [1.165, 1.54) is 6.33 Å². The number of rotatable bonds is 0. The topological polar surface area (TPSA) is 77.6 Å². The summed E-state index contributed by atoms with van der Waals surface area (Å²) in [4.78, 5) is 15.5. The van der Waals surface area contributed by atoms with Crippen LogP contribution in [0.3, 0.4) is 0 Å². The van der Waals surface area contributed by atoms with Crippen LogP contribution in [0, 0.1) is 11.8 Å². The Morgan fingerprint density at radius 1 is 1.12 bits per heavy atom. The van der Waals surface area contributed by atoms with Gasteiger partial charge in [0.1, 0.15) is 28.6 Å². The van der Waals surface area contributed by atoms with Crippen LogP contribution in [0.25, 0.3) is 0 Å². The van der Waals surface area contributed by atoms with E-state index in [9.17, 15) is 0 Å². The highest BCUT2D eigenvalue weighted by molar-refractivity contribution is 6.30. The Morgan fingerprint density at radius 2 is 2.00 bits per heavy atom. The van der Waals surface area contributed by atoms with Crippen molar-refractivity contribution in [3.05, 3.63) is 41.3 Å². The van der Waals surface area contributed by atoms with Gasteiger partial charge in [-0.15, -0.1) is 0 Å². The van der Waals surface area contributed by atoms with E-state index >= 15 is 0 Å². The Labute approximate surface area is 96.7 Å². The van der Waals surface area contributed by atoms with Crippen molar-refractivity contribution in [3.8, 4) is 11.8 Å². The Hall–Kier alpha value is -2.19. The molecule has 0 spiro atoms. The number of nitrogens with two attached hydrogens (primary N) is 1. The predicted octanol–water partition coefficient (Wildman–Crippen LogP) is 0.902. The molecule has 0 aromatic carbocycles. The number of halogens is 1. The summed E-state index contributed by atoms with van der Waals surface area (Å²) in [6, 6.07) is 0. The van der Waals surface area contributed by atoms with Crippen LogP contribution < -0.4 is 5.73 Å². The lowest BCUT2D eigenvalue weighted by Crippen LogP contribution is -1.96. The van der Waals surface area contributed by atoms with Gasteiger partial charge in [0.2, 0.25) is 0 Å². The van der Waals surface area contributed by atoms with Gasteiger partial charge in [-0.25, -0.2) is 15.0 Å². The van der Waals surface area contributed by atoms with Crippen LogP contribution in [0.1, 0.15) is 11.3 Å². The van der Waals surface area contributed by atoms with E-state index in [0.717, 1.165) is 0 Å². The van der Waals surface area contributed by atoms with E-state index in [4.69, 9.17) is 17.3 Å². The minimum atomic E-state index is 0.226. The molecule has 2 heterocycles. The zero-order valence-corrected chi connectivity index (χ0v) is 8.81. The SMILES string of the molecule is Nc1ncnc(Cl)c1C#Cc1cnccn1. The summed E-state index contributed by atoms with van der Waals surface area (Å²) >= 11 is 5.83. The molecule has 0 fully saturated rings. The van der Waals surface area contributed by atoms with Crippen molar-refractivity contribution < 1.29 is 0 Å². The highest BCUT2D eigenvalue weighted by atomic mass is 35.5. The first-order chi connectivity index (χ1) is 7.77. The first kappa shape index (κ1) is 10.3. The molecular formula is C10H6ClN5. The van der Waals surface area contributed by atoms with Gasteiger partial charge >= 0.3 is 0 Å². The Kier molecular flexibility index (Phi) is 2.94. The van der Waals surface area contributed by atoms with Gasteiger partial charge in [-0.05, 0) is 5.92 Å². The van der Waals surface area contributed by atoms with Crippen LogP contribution in [-0.2, 0) is 0 Å². The quantitative estimate of drug-likeness (QED) is 0.539. The molecule has 0 amide bonds. The third-order valence-corrected chi connectivity index (χ3v) is 2.00. The second-order valence-corrected chi connectivity index (χ2v) is 3.12. The maximum Gasteiger partial charge on any atom is 0.150 e. The van der Waals surface area contributed by atoms with E-state index < -0.39 is 0 Å². The van der Waals surface area contributed by atoms with Crippen molar-refractivity contribution in [2.24, 2.45) is 0 Å². The molecule has 2 rings (SSSR count). The average molecular weight is 232 g/mol. The van der Waals surface area contributed by atoms with Gasteiger partial charge in [-0.3, -0.25) is 4.98 Å². The highest BCUT2D eigenvalue weighted by Crippen LogP contribution is 2.15. The molecule has 2 aromatic heterocycles. The molecule has 0 saturated heterocycles. The van der Waals surface area contributed by atoms with Crippen LogP contribution in [0.15, 0.2) is 24.9 Å². The molecule has 0 radical (unpaired) electrons. The molecular weight excluding hydrogens is 226 g/mol. The minimum absolute atomic E-state index is 0.226. The van der Waals surface area contributed by atoms with Crippen LogP contribution in [0.4, 0.5) is 5.82 Å². The predicted molar refractivity (Wildman–Crippen MR) is 59.5 cm³/mol. The van der Waals surface area contributed by atoms with Gasteiger partial charge in [0.05, 0.1) is 6.20 Å². The molecule has 5 nitrogen and oxygen atoms in total. The summed E-state index contributed by atoms with van der Waals surface area (Å²) in [5, 5.41) is 0.226. The number of nitrogen functional groups attached to an aromatic ring is 1. The summed E-state index contributed by atoms with van der Waals surface area (Å²) in [7, 11) is 0. The first-order valence-electron chi connectivity index (χ1n) is 4.31. The third kappa shape index (κ3) is 2.24. The fourth-order valence-corrected chi connectivity index (χ4v) is 1.17. The number of hydrogen-bond donors (Lipinski definition) is 1. The van der Waals surface area contributed by atoms with Gasteiger partial charge in [0.25, 0.3) is 0 Å². The van der Waals surface area contributed by atoms with Crippen molar-refractivity contribution in [2.75, 3.05) is 5.73 Å². The smallest absolute Gasteiger partial charge is 0.150 e. The highest BCUT2D eigenvalue weighted by Gasteiger charge is 2.03. The zero-order chi connectivity index (χ0) is 11.4. The van der Waals surface area contributed by atoms with E-state index in [0.29, 0.717) is 11.3 Å². The van der Waals surface area contributed by atoms with E-state index in [1.807, 2.05) is 0 Å². The lowest BCUT2D eigenvalue weighted by atomic mass is 10.3. The molecule has 0 aliphatic heterocycles. The molecule has 2 aromatic rings.